The monoisotopic (exact) mass is 362 g/mol. The summed E-state index contributed by atoms with van der Waals surface area (Å²) < 4.78 is 0. The summed E-state index contributed by atoms with van der Waals surface area (Å²) in [5, 5.41) is 10.1. The van der Waals surface area contributed by atoms with Crippen molar-refractivity contribution < 1.29 is 39.1 Å². The molecular weight excluding hydrogens is 345 g/mol. The summed E-state index contributed by atoms with van der Waals surface area (Å²) in [4.78, 5) is 0. The topological polar surface area (TPSA) is 23.1 Å². The van der Waals surface area contributed by atoms with Gasteiger partial charge in [0.2, 0.25) is 0 Å². The van der Waals surface area contributed by atoms with Gasteiger partial charge < -0.3 is 46.0 Å². The fourth-order valence-electron chi connectivity index (χ4n) is 1.16. The van der Waals surface area contributed by atoms with E-state index in [1.54, 1.807) is 0 Å². The normalized spacial score (nSPS) is 7.60. The van der Waals surface area contributed by atoms with Crippen LogP contribution < -0.4 is 39.1 Å². The van der Waals surface area contributed by atoms with Gasteiger partial charge in [-0.1, -0.05) is 44.9 Å². The van der Waals surface area contributed by atoms with Gasteiger partial charge in [0.1, 0.15) is 0 Å². The molecule has 0 bridgehead atoms. The molecule has 0 aromatic rings. The zero-order chi connectivity index (χ0) is 8.36. The van der Waals surface area contributed by atoms with Crippen molar-refractivity contribution in [1.82, 2.24) is 0 Å². The molecule has 84 valence electrons. The summed E-state index contributed by atoms with van der Waals surface area (Å²) in [6, 6.07) is 0. The minimum atomic E-state index is 0. The minimum Gasteiger partial charge on any atom is -1.00 e. The average Bonchev–Trinajstić information content (AvgIpc) is 2.03. The second kappa shape index (κ2) is 30.0. The van der Waals surface area contributed by atoms with Crippen molar-refractivity contribution in [3.8, 4) is 0 Å². The Morgan fingerprint density at radius 2 is 1.00 bits per heavy atom. The van der Waals surface area contributed by atoms with Crippen molar-refractivity contribution in [3.63, 3.8) is 0 Å². The molecule has 0 fully saturated rings. The molecule has 0 aromatic carbocycles. The van der Waals surface area contributed by atoms with E-state index >= 15 is 0 Å². The predicted octanol–water partition coefficient (Wildman–Crippen LogP) is -4.45. The molecule has 0 N–H and O–H groups in total. The van der Waals surface area contributed by atoms with Crippen LogP contribution in [0.5, 0.6) is 0 Å². The van der Waals surface area contributed by atoms with Crippen LogP contribution in [-0.2, 0) is 0 Å². The molecule has 0 saturated heterocycles. The van der Waals surface area contributed by atoms with Gasteiger partial charge in [-0.25, -0.2) is 0 Å². The van der Waals surface area contributed by atoms with E-state index in [1.165, 1.54) is 32.1 Å². The molecule has 0 amide bonds. The molecule has 0 rings (SSSR count). The van der Waals surface area contributed by atoms with Gasteiger partial charge in [-0.2, -0.15) is 6.42 Å². The van der Waals surface area contributed by atoms with Crippen LogP contribution in [0.25, 0.3) is 0 Å². The molecule has 0 aliphatic heterocycles. The van der Waals surface area contributed by atoms with Crippen LogP contribution in [0.15, 0.2) is 0 Å². The molecule has 5 heteroatoms. The molecule has 15 heavy (non-hydrogen) atoms. The molecule has 0 radical (unpaired) electrons. The Hall–Kier alpha value is 2.45. The molecule has 0 saturated carbocycles. The van der Waals surface area contributed by atoms with Crippen molar-refractivity contribution in [1.29, 1.82) is 0 Å². The Bertz CT molecular complexity index is 70.4. The Morgan fingerprint density at radius 1 is 0.667 bits per heavy atom. The maximum absolute atomic E-state index is 10.1. The van der Waals surface area contributed by atoms with Crippen molar-refractivity contribution in [3.05, 3.63) is 6.92 Å². The quantitative estimate of drug-likeness (QED) is 0.242. The van der Waals surface area contributed by atoms with Crippen LogP contribution in [0.2, 0.25) is 0 Å². The van der Waals surface area contributed by atoms with Gasteiger partial charge in [0.05, 0.1) is 0 Å². The van der Waals surface area contributed by atoms with E-state index in [9.17, 15) is 5.11 Å². The van der Waals surface area contributed by atoms with Crippen LogP contribution in [0.3, 0.4) is 0 Å². The molecule has 0 aliphatic rings. The third-order valence-corrected chi connectivity index (χ3v) is 1.89. The smallest absolute Gasteiger partial charge is 1.00 e. The predicted molar refractivity (Wildman–Crippen MR) is 58.7 cm³/mol. The van der Waals surface area contributed by atoms with E-state index in [1.807, 2.05) is 0 Å². The first-order chi connectivity index (χ1) is 5.41. The minimum absolute atomic E-state index is 0. The fraction of sp³-hybridized carbons (Fsp3) is 0.900. The fourth-order valence-corrected chi connectivity index (χ4v) is 1.16. The summed E-state index contributed by atoms with van der Waals surface area (Å²) in [5.41, 5.74) is 0. The van der Waals surface area contributed by atoms with Crippen molar-refractivity contribution in [2.24, 2.45) is 0 Å². The van der Waals surface area contributed by atoms with E-state index in [-0.39, 0.29) is 86.7 Å². The second-order valence-electron chi connectivity index (χ2n) is 3.03. The molecule has 0 atom stereocenters. The number of hydrogen-bond acceptors (Lipinski definition) is 1. The van der Waals surface area contributed by atoms with Gasteiger partial charge in [0, 0.05) is 0 Å². The molecule has 0 aliphatic carbocycles. The average molecular weight is 365 g/mol. The van der Waals surface area contributed by atoms with E-state index in [4.69, 9.17) is 0 Å². The van der Waals surface area contributed by atoms with Crippen LogP contribution in [-0.4, -0.2) is 52.7 Å². The van der Waals surface area contributed by atoms with Crippen molar-refractivity contribution >= 4 is 46.1 Å². The van der Waals surface area contributed by atoms with E-state index in [2.05, 4.69) is 6.92 Å². The van der Waals surface area contributed by atoms with E-state index in [0.717, 1.165) is 19.3 Å². The summed E-state index contributed by atoms with van der Waals surface area (Å²) in [7, 11) is 0. The summed E-state index contributed by atoms with van der Waals surface area (Å²) in [6.07, 6.45) is 9.54. The Labute approximate surface area is 148 Å². The standard InChI is InChI=1S/C10H20O.2BrH.2Mg/c1-2-3-4-5-6-7-8-9-10-11;;;;/h1-10H2;2*1H;;/q-2;;;2*+2/p-2. The molecule has 1 nitrogen and oxygen atoms in total. The van der Waals surface area contributed by atoms with Crippen LogP contribution in [0, 0.1) is 6.92 Å². The zero-order valence-corrected chi connectivity index (χ0v) is 15.6. The summed E-state index contributed by atoms with van der Waals surface area (Å²) >= 11 is 0. The van der Waals surface area contributed by atoms with Gasteiger partial charge in [-0.05, 0) is 0 Å². The molecule has 0 aromatic heterocycles. The van der Waals surface area contributed by atoms with Gasteiger partial charge in [0.15, 0.2) is 0 Å². The number of hydrogen-bond donors (Lipinski definition) is 0. The first kappa shape index (κ1) is 30.5. The SMILES string of the molecule is [Br-].[Br-].[CH2-]CCCCCCCCC[O-].[Mg+2].[Mg+2]. The van der Waals surface area contributed by atoms with Gasteiger partial charge in [0.25, 0.3) is 0 Å². The van der Waals surface area contributed by atoms with Gasteiger partial charge in [-0.15, -0.1) is 6.61 Å². The van der Waals surface area contributed by atoms with Gasteiger partial charge in [-0.3, -0.25) is 0 Å². The third-order valence-electron chi connectivity index (χ3n) is 1.89. The largest absolute Gasteiger partial charge is 2.00 e. The Kier molecular flexibility index (Phi) is 60.8. The molecular formula is C10H20Br2Mg2O. The molecule has 0 spiro atoms. The Morgan fingerprint density at radius 3 is 1.33 bits per heavy atom. The summed E-state index contributed by atoms with van der Waals surface area (Å²) in [6.45, 7) is 3.90. The van der Waals surface area contributed by atoms with Gasteiger partial charge >= 0.3 is 46.1 Å². The summed E-state index contributed by atoms with van der Waals surface area (Å²) in [5.74, 6) is 0. The zero-order valence-electron chi connectivity index (χ0n) is 9.65. The maximum atomic E-state index is 10.1. The van der Waals surface area contributed by atoms with Crippen LogP contribution in [0.4, 0.5) is 0 Å². The third kappa shape index (κ3) is 31.5. The first-order valence-corrected chi connectivity index (χ1v) is 4.79. The molecule has 0 unspecified atom stereocenters. The van der Waals surface area contributed by atoms with Crippen LogP contribution in [0.1, 0.15) is 51.4 Å². The van der Waals surface area contributed by atoms with E-state index in [0.29, 0.717) is 0 Å². The molecule has 0 heterocycles. The van der Waals surface area contributed by atoms with Crippen molar-refractivity contribution in [2.45, 2.75) is 51.4 Å². The Balaban J connectivity index is -0.0000000833. The van der Waals surface area contributed by atoms with Crippen LogP contribution >= 0.6 is 0 Å². The number of rotatable bonds is 8. The number of unbranched alkanes of at least 4 members (excludes halogenated alkanes) is 7. The number of halogens is 2. The first-order valence-electron chi connectivity index (χ1n) is 4.79. The maximum Gasteiger partial charge on any atom is 2.00 e. The van der Waals surface area contributed by atoms with E-state index < -0.39 is 0 Å². The van der Waals surface area contributed by atoms with Crippen molar-refractivity contribution in [2.75, 3.05) is 6.61 Å². The second-order valence-corrected chi connectivity index (χ2v) is 3.03.